The summed E-state index contributed by atoms with van der Waals surface area (Å²) < 4.78 is 5.24. The molecule has 1 unspecified atom stereocenters. The van der Waals surface area contributed by atoms with Crippen molar-refractivity contribution in [3.8, 4) is 0 Å². The highest BCUT2D eigenvalue weighted by Gasteiger charge is 2.15. The molecule has 1 heterocycles. The van der Waals surface area contributed by atoms with Gasteiger partial charge in [-0.3, -0.25) is 4.79 Å². The molecule has 1 aromatic heterocycles. The molecule has 1 amide bonds. The number of carbonyl (C=O) groups is 1. The Labute approximate surface area is 113 Å². The number of aromatic nitrogens is 2. The fourth-order valence-corrected chi connectivity index (χ4v) is 1.52. The number of nitrogens with zero attached hydrogens (tertiary/aromatic N) is 3. The van der Waals surface area contributed by atoms with E-state index >= 15 is 0 Å². The third-order valence-electron chi connectivity index (χ3n) is 2.40. The molecule has 0 aliphatic heterocycles. The number of rotatable bonds is 6. The van der Waals surface area contributed by atoms with Crippen molar-refractivity contribution >= 4 is 17.5 Å². The molecule has 0 saturated carbocycles. The Bertz CT molecular complexity index is 436. The quantitative estimate of drug-likeness (QED) is 0.779. The fraction of sp³-hybridized carbons (Fsp3) is 0.583. The van der Waals surface area contributed by atoms with Crippen LogP contribution in [0.2, 0.25) is 0 Å². The van der Waals surface area contributed by atoms with E-state index < -0.39 is 0 Å². The van der Waals surface area contributed by atoms with E-state index in [4.69, 9.17) is 10.5 Å². The van der Waals surface area contributed by atoms with Crippen molar-refractivity contribution in [1.82, 2.24) is 14.9 Å². The van der Waals surface area contributed by atoms with E-state index in [0.717, 1.165) is 0 Å². The molecule has 19 heavy (non-hydrogen) atoms. The summed E-state index contributed by atoms with van der Waals surface area (Å²) in [5, 5.41) is 3.00. The fourth-order valence-electron chi connectivity index (χ4n) is 1.52. The van der Waals surface area contributed by atoms with Gasteiger partial charge in [-0.15, -0.1) is 0 Å². The number of ether oxygens (including phenoxy) is 1. The maximum absolute atomic E-state index is 11.8. The molecule has 7 heteroatoms. The summed E-state index contributed by atoms with van der Waals surface area (Å²) in [5.41, 5.74) is 5.70. The molecule has 7 nitrogen and oxygen atoms in total. The molecule has 1 aromatic rings. The normalized spacial score (nSPS) is 12.0. The van der Waals surface area contributed by atoms with Crippen LogP contribution in [0.25, 0.3) is 0 Å². The van der Waals surface area contributed by atoms with Gasteiger partial charge in [0.1, 0.15) is 24.3 Å². The average Bonchev–Trinajstić information content (AvgIpc) is 2.34. The zero-order valence-corrected chi connectivity index (χ0v) is 11.8. The van der Waals surface area contributed by atoms with Crippen molar-refractivity contribution in [3.63, 3.8) is 0 Å². The number of nitrogen functional groups attached to an aromatic ring is 1. The third kappa shape index (κ3) is 4.70. The minimum Gasteiger partial charge on any atom is -0.384 e. The maximum atomic E-state index is 11.8. The molecule has 0 spiro atoms. The van der Waals surface area contributed by atoms with Gasteiger partial charge in [-0.1, -0.05) is 0 Å². The molecular formula is C12H21N5O2. The first-order chi connectivity index (χ1) is 8.93. The predicted octanol–water partition coefficient (Wildman–Crippen LogP) is 0.484. The highest BCUT2D eigenvalue weighted by molar-refractivity contribution is 5.83. The number of hydrogen-bond acceptors (Lipinski definition) is 6. The molecule has 0 aromatic carbocycles. The zero-order chi connectivity index (χ0) is 14.4. The Morgan fingerprint density at radius 3 is 2.79 bits per heavy atom. The van der Waals surface area contributed by atoms with Crippen LogP contribution in [0, 0.1) is 0 Å². The molecular weight excluding hydrogens is 246 g/mol. The molecule has 0 bridgehead atoms. The number of nitrogens with one attached hydrogen (secondary N) is 1. The number of amides is 1. The molecule has 0 aliphatic carbocycles. The number of hydrogen-bond donors (Lipinski definition) is 2. The number of anilines is 2. The van der Waals surface area contributed by atoms with Crippen molar-refractivity contribution < 1.29 is 9.53 Å². The van der Waals surface area contributed by atoms with Gasteiger partial charge in [-0.25, -0.2) is 9.97 Å². The van der Waals surface area contributed by atoms with Crippen LogP contribution in [0.3, 0.4) is 0 Å². The van der Waals surface area contributed by atoms with Gasteiger partial charge >= 0.3 is 0 Å². The zero-order valence-electron chi connectivity index (χ0n) is 11.8. The van der Waals surface area contributed by atoms with Crippen LogP contribution in [-0.2, 0) is 16.1 Å². The van der Waals surface area contributed by atoms with Gasteiger partial charge in [0.15, 0.2) is 5.82 Å². The minimum atomic E-state index is -0.385. The molecule has 0 fully saturated rings. The maximum Gasteiger partial charge on any atom is 0.244 e. The van der Waals surface area contributed by atoms with Gasteiger partial charge in [0.2, 0.25) is 5.91 Å². The highest BCUT2D eigenvalue weighted by atomic mass is 16.5. The lowest BCUT2D eigenvalue weighted by Gasteiger charge is -2.18. The van der Waals surface area contributed by atoms with Crippen LogP contribution >= 0.6 is 0 Å². The number of nitrogens with two attached hydrogens (primary N) is 1. The smallest absolute Gasteiger partial charge is 0.244 e. The first-order valence-electron chi connectivity index (χ1n) is 6.13. The molecule has 1 atom stereocenters. The van der Waals surface area contributed by atoms with Gasteiger partial charge in [-0.2, -0.15) is 0 Å². The summed E-state index contributed by atoms with van der Waals surface area (Å²) in [6, 6.07) is 1.21. The summed E-state index contributed by atoms with van der Waals surface area (Å²) in [7, 11) is 3.41. The molecule has 0 radical (unpaired) electrons. The van der Waals surface area contributed by atoms with Crippen LogP contribution in [0.15, 0.2) is 6.07 Å². The topological polar surface area (TPSA) is 93.4 Å². The Balaban J connectivity index is 2.77. The lowest BCUT2D eigenvalue weighted by molar-refractivity contribution is -0.129. The third-order valence-corrected chi connectivity index (χ3v) is 2.40. The van der Waals surface area contributed by atoms with Gasteiger partial charge in [0.25, 0.3) is 0 Å². The largest absolute Gasteiger partial charge is 0.384 e. The lowest BCUT2D eigenvalue weighted by Crippen LogP contribution is -2.36. The van der Waals surface area contributed by atoms with E-state index in [1.54, 1.807) is 27.1 Å². The van der Waals surface area contributed by atoms with Gasteiger partial charge in [0.05, 0.1) is 0 Å². The Morgan fingerprint density at radius 2 is 2.21 bits per heavy atom. The van der Waals surface area contributed by atoms with Gasteiger partial charge in [-0.05, 0) is 13.8 Å². The van der Waals surface area contributed by atoms with Crippen molar-refractivity contribution in [2.75, 3.05) is 31.8 Å². The second-order valence-corrected chi connectivity index (χ2v) is 4.33. The second-order valence-electron chi connectivity index (χ2n) is 4.33. The summed E-state index contributed by atoms with van der Waals surface area (Å²) in [4.78, 5) is 21.6. The summed E-state index contributed by atoms with van der Waals surface area (Å²) in [5.74, 6) is 1.32. The van der Waals surface area contributed by atoms with Crippen LogP contribution < -0.4 is 11.1 Å². The average molecular weight is 267 g/mol. The monoisotopic (exact) mass is 267 g/mol. The SMILES string of the molecule is CCOCc1nc(N)cc(NC(C)C(=O)N(C)C)n1. The first kappa shape index (κ1) is 15.2. The molecule has 3 N–H and O–H groups in total. The van der Waals surface area contributed by atoms with Crippen molar-refractivity contribution in [3.05, 3.63) is 11.9 Å². The standard InChI is InChI=1S/C12H21N5O2/c1-5-19-7-11-15-9(13)6-10(16-11)14-8(2)12(18)17(3)4/h6,8H,5,7H2,1-4H3,(H3,13,14,15,16). The van der Waals surface area contributed by atoms with Crippen LogP contribution in [0.5, 0.6) is 0 Å². The second kappa shape index (κ2) is 6.89. The predicted molar refractivity (Wildman–Crippen MR) is 73.6 cm³/mol. The van der Waals surface area contributed by atoms with Crippen LogP contribution in [0.1, 0.15) is 19.7 Å². The number of likely N-dealkylation sites (N-methyl/N-ethyl adjacent to an activating group) is 1. The van der Waals surface area contributed by atoms with Crippen molar-refractivity contribution in [1.29, 1.82) is 0 Å². The van der Waals surface area contributed by atoms with Gasteiger partial charge < -0.3 is 20.7 Å². The number of carbonyl (C=O) groups excluding carboxylic acids is 1. The van der Waals surface area contributed by atoms with E-state index in [1.165, 1.54) is 4.90 Å². The Kier molecular flexibility index (Phi) is 5.50. The Morgan fingerprint density at radius 1 is 1.53 bits per heavy atom. The molecule has 106 valence electrons. The molecule has 1 rings (SSSR count). The van der Waals surface area contributed by atoms with E-state index in [0.29, 0.717) is 30.7 Å². The van der Waals surface area contributed by atoms with E-state index in [-0.39, 0.29) is 11.9 Å². The van der Waals surface area contributed by atoms with E-state index in [2.05, 4.69) is 15.3 Å². The van der Waals surface area contributed by atoms with E-state index in [9.17, 15) is 4.79 Å². The first-order valence-corrected chi connectivity index (χ1v) is 6.13. The van der Waals surface area contributed by atoms with Crippen LogP contribution in [0.4, 0.5) is 11.6 Å². The van der Waals surface area contributed by atoms with Gasteiger partial charge in [0, 0.05) is 26.8 Å². The molecule has 0 saturated heterocycles. The summed E-state index contributed by atoms with van der Waals surface area (Å²) in [6.07, 6.45) is 0. The van der Waals surface area contributed by atoms with Crippen molar-refractivity contribution in [2.24, 2.45) is 0 Å². The lowest BCUT2D eigenvalue weighted by atomic mass is 10.3. The highest BCUT2D eigenvalue weighted by Crippen LogP contribution is 2.11. The van der Waals surface area contributed by atoms with Crippen molar-refractivity contribution in [2.45, 2.75) is 26.5 Å². The van der Waals surface area contributed by atoms with Crippen LogP contribution in [-0.4, -0.2) is 47.5 Å². The molecule has 0 aliphatic rings. The minimum absolute atomic E-state index is 0.0384. The van der Waals surface area contributed by atoms with E-state index in [1.807, 2.05) is 6.92 Å². The summed E-state index contributed by atoms with van der Waals surface area (Å²) >= 11 is 0. The summed E-state index contributed by atoms with van der Waals surface area (Å²) in [6.45, 7) is 4.54. The Hall–Kier alpha value is -1.89.